The van der Waals surface area contributed by atoms with E-state index in [1.807, 2.05) is 26.0 Å². The minimum atomic E-state index is -0.344. The van der Waals surface area contributed by atoms with Crippen molar-refractivity contribution >= 4 is 11.6 Å². The minimum Gasteiger partial charge on any atom is -0.388 e. The molecule has 1 aliphatic carbocycles. The summed E-state index contributed by atoms with van der Waals surface area (Å²) in [5.74, 6) is 1.07. The van der Waals surface area contributed by atoms with E-state index in [4.69, 9.17) is 11.6 Å². The molecule has 1 aromatic rings. The molecular weight excluding hydrogens is 220 g/mol. The van der Waals surface area contributed by atoms with Crippen LogP contribution >= 0.6 is 11.6 Å². The highest BCUT2D eigenvalue weighted by Gasteiger charge is 2.33. The second-order valence-corrected chi connectivity index (χ2v) is 5.51. The molecule has 1 aromatic carbocycles. The van der Waals surface area contributed by atoms with Crippen molar-refractivity contribution in [1.29, 1.82) is 0 Å². The van der Waals surface area contributed by atoms with Crippen LogP contribution in [0.2, 0.25) is 5.02 Å². The van der Waals surface area contributed by atoms with Gasteiger partial charge in [0.15, 0.2) is 0 Å². The van der Waals surface area contributed by atoms with Crippen LogP contribution < -0.4 is 0 Å². The normalized spacial score (nSPS) is 19.6. The van der Waals surface area contributed by atoms with Crippen LogP contribution in [-0.2, 0) is 0 Å². The zero-order valence-corrected chi connectivity index (χ0v) is 10.9. The van der Waals surface area contributed by atoms with Gasteiger partial charge in [0.2, 0.25) is 0 Å². The lowest BCUT2D eigenvalue weighted by Crippen LogP contribution is -2.12. The molecule has 0 aliphatic heterocycles. The Hall–Kier alpha value is -0.530. The molecule has 0 radical (unpaired) electrons. The quantitative estimate of drug-likeness (QED) is 0.843. The van der Waals surface area contributed by atoms with Crippen molar-refractivity contribution in [3.63, 3.8) is 0 Å². The maximum atomic E-state index is 10.4. The maximum absolute atomic E-state index is 10.4. The number of aliphatic hydroxyl groups is 1. The molecule has 0 aromatic heterocycles. The van der Waals surface area contributed by atoms with Gasteiger partial charge in [-0.1, -0.05) is 24.6 Å². The van der Waals surface area contributed by atoms with Gasteiger partial charge in [-0.15, -0.1) is 0 Å². The smallest absolute Gasteiger partial charge is 0.0820 e. The summed E-state index contributed by atoms with van der Waals surface area (Å²) < 4.78 is 0. The maximum Gasteiger partial charge on any atom is 0.0820 e. The first kappa shape index (κ1) is 11.9. The van der Waals surface area contributed by atoms with Gasteiger partial charge < -0.3 is 5.11 Å². The molecule has 2 atom stereocenters. The van der Waals surface area contributed by atoms with E-state index in [0.717, 1.165) is 21.7 Å². The molecule has 88 valence electrons. The molecular formula is C14H19ClO. The van der Waals surface area contributed by atoms with Crippen molar-refractivity contribution in [3.05, 3.63) is 33.8 Å². The average molecular weight is 239 g/mol. The monoisotopic (exact) mass is 238 g/mol. The molecule has 2 rings (SSSR count). The first-order valence-corrected chi connectivity index (χ1v) is 6.33. The van der Waals surface area contributed by atoms with Crippen LogP contribution in [0.25, 0.3) is 0 Å². The summed E-state index contributed by atoms with van der Waals surface area (Å²) in [6, 6.07) is 3.98. The third-order valence-electron chi connectivity index (χ3n) is 3.73. The van der Waals surface area contributed by atoms with E-state index in [1.165, 1.54) is 12.8 Å². The van der Waals surface area contributed by atoms with E-state index in [0.29, 0.717) is 11.8 Å². The van der Waals surface area contributed by atoms with Crippen LogP contribution in [-0.4, -0.2) is 5.11 Å². The zero-order valence-electron chi connectivity index (χ0n) is 10.1. The molecule has 1 nitrogen and oxygen atoms in total. The topological polar surface area (TPSA) is 20.2 Å². The molecule has 0 heterocycles. The highest BCUT2D eigenvalue weighted by molar-refractivity contribution is 6.31. The number of hydrogen-bond donors (Lipinski definition) is 1. The highest BCUT2D eigenvalue weighted by Crippen LogP contribution is 2.43. The molecule has 1 N–H and O–H groups in total. The van der Waals surface area contributed by atoms with E-state index >= 15 is 0 Å². The fourth-order valence-corrected chi connectivity index (χ4v) is 2.50. The van der Waals surface area contributed by atoms with E-state index in [2.05, 4.69) is 6.92 Å². The second kappa shape index (κ2) is 4.38. The summed E-state index contributed by atoms with van der Waals surface area (Å²) in [7, 11) is 0. The van der Waals surface area contributed by atoms with Gasteiger partial charge in [-0.2, -0.15) is 0 Å². The Balaban J connectivity index is 2.28. The van der Waals surface area contributed by atoms with Gasteiger partial charge in [-0.05, 0) is 61.3 Å². The van der Waals surface area contributed by atoms with Crippen molar-refractivity contribution in [3.8, 4) is 0 Å². The number of halogens is 1. The average Bonchev–Trinajstić information content (AvgIpc) is 3.05. The van der Waals surface area contributed by atoms with Crippen LogP contribution in [0.3, 0.4) is 0 Å². The van der Waals surface area contributed by atoms with E-state index in [9.17, 15) is 5.11 Å². The summed E-state index contributed by atoms with van der Waals surface area (Å²) in [6.07, 6.45) is 2.19. The molecule has 16 heavy (non-hydrogen) atoms. The summed E-state index contributed by atoms with van der Waals surface area (Å²) >= 11 is 6.06. The minimum absolute atomic E-state index is 0.344. The van der Waals surface area contributed by atoms with Gasteiger partial charge in [0.25, 0.3) is 0 Å². The van der Waals surface area contributed by atoms with Crippen molar-refractivity contribution in [2.24, 2.45) is 11.8 Å². The number of aryl methyl sites for hydroxylation is 2. The predicted molar refractivity (Wildman–Crippen MR) is 67.8 cm³/mol. The van der Waals surface area contributed by atoms with Crippen LogP contribution in [0.15, 0.2) is 12.1 Å². The fraction of sp³-hybridized carbons (Fsp3) is 0.571. The largest absolute Gasteiger partial charge is 0.388 e. The Kier molecular flexibility index (Phi) is 3.27. The lowest BCUT2D eigenvalue weighted by molar-refractivity contribution is 0.105. The van der Waals surface area contributed by atoms with Gasteiger partial charge in [-0.3, -0.25) is 0 Å². The van der Waals surface area contributed by atoms with Gasteiger partial charge in [-0.25, -0.2) is 0 Å². The van der Waals surface area contributed by atoms with Crippen LogP contribution in [0, 0.1) is 25.7 Å². The SMILES string of the molecule is Cc1cc(C(O)C(C)C2CC2)c(C)cc1Cl. The lowest BCUT2D eigenvalue weighted by atomic mass is 9.90. The number of hydrogen-bond acceptors (Lipinski definition) is 1. The van der Waals surface area contributed by atoms with Gasteiger partial charge in [0, 0.05) is 5.02 Å². The van der Waals surface area contributed by atoms with Crippen molar-refractivity contribution in [1.82, 2.24) is 0 Å². The van der Waals surface area contributed by atoms with E-state index in [-0.39, 0.29) is 6.10 Å². The van der Waals surface area contributed by atoms with Crippen molar-refractivity contribution in [2.75, 3.05) is 0 Å². The fourth-order valence-electron chi connectivity index (χ4n) is 2.28. The molecule has 0 bridgehead atoms. The first-order valence-electron chi connectivity index (χ1n) is 5.95. The van der Waals surface area contributed by atoms with Crippen molar-refractivity contribution < 1.29 is 5.11 Å². The molecule has 2 unspecified atom stereocenters. The number of rotatable bonds is 3. The predicted octanol–water partition coefficient (Wildman–Crippen LogP) is 4.04. The van der Waals surface area contributed by atoms with Gasteiger partial charge in [0.1, 0.15) is 0 Å². The Labute approximate surface area is 102 Å². The summed E-state index contributed by atoms with van der Waals surface area (Å²) in [5, 5.41) is 11.1. The first-order chi connectivity index (χ1) is 7.50. The Bertz CT molecular complexity index is 396. The van der Waals surface area contributed by atoms with Gasteiger partial charge >= 0.3 is 0 Å². The Morgan fingerprint density at radius 2 is 1.88 bits per heavy atom. The van der Waals surface area contributed by atoms with Crippen LogP contribution in [0.5, 0.6) is 0 Å². The molecule has 1 fully saturated rings. The molecule has 1 aliphatic rings. The highest BCUT2D eigenvalue weighted by atomic mass is 35.5. The van der Waals surface area contributed by atoms with E-state index < -0.39 is 0 Å². The summed E-state index contributed by atoms with van der Waals surface area (Å²) in [5.41, 5.74) is 3.18. The molecule has 0 saturated heterocycles. The second-order valence-electron chi connectivity index (χ2n) is 5.10. The van der Waals surface area contributed by atoms with E-state index in [1.54, 1.807) is 0 Å². The number of benzene rings is 1. The van der Waals surface area contributed by atoms with Crippen LogP contribution in [0.4, 0.5) is 0 Å². The van der Waals surface area contributed by atoms with Crippen molar-refractivity contribution in [2.45, 2.75) is 39.7 Å². The lowest BCUT2D eigenvalue weighted by Gasteiger charge is -2.21. The van der Waals surface area contributed by atoms with Crippen LogP contribution in [0.1, 0.15) is 42.6 Å². The zero-order chi connectivity index (χ0) is 11.9. The third kappa shape index (κ3) is 2.26. The van der Waals surface area contributed by atoms with Gasteiger partial charge in [0.05, 0.1) is 6.10 Å². The third-order valence-corrected chi connectivity index (χ3v) is 4.14. The summed E-state index contributed by atoms with van der Waals surface area (Å²) in [6.45, 7) is 6.15. The molecule has 0 amide bonds. The Morgan fingerprint density at radius 3 is 2.44 bits per heavy atom. The Morgan fingerprint density at radius 1 is 1.25 bits per heavy atom. The molecule has 1 saturated carbocycles. The molecule has 0 spiro atoms. The standard InChI is InChI=1S/C14H19ClO/c1-8-7-13(15)9(2)6-12(8)14(16)10(3)11-4-5-11/h6-7,10-11,14,16H,4-5H2,1-3H3. The summed E-state index contributed by atoms with van der Waals surface area (Å²) in [4.78, 5) is 0. The number of aliphatic hydroxyl groups excluding tert-OH is 1. The molecule has 2 heteroatoms.